The Morgan fingerprint density at radius 2 is 1.55 bits per heavy atom. The quantitative estimate of drug-likeness (QED) is 0.334. The molecule has 1 saturated carbocycles. The SMILES string of the molecule is COc1ccc(-c2ccc(O)c3c2C[C@]2(C)C[C@]4(C)C(C(C)C)C(=O)C(C(C)=O)=C(O)[C@]4(O)C(=O)C2=C3O)c(OC)c1OC. The second-order valence-electron chi connectivity index (χ2n) is 12.8. The van der Waals surface area contributed by atoms with Gasteiger partial charge >= 0.3 is 0 Å². The van der Waals surface area contributed by atoms with Crippen LogP contribution in [0.5, 0.6) is 23.0 Å². The monoisotopic (exact) mass is 606 g/mol. The Morgan fingerprint density at radius 1 is 0.932 bits per heavy atom. The van der Waals surface area contributed by atoms with Crippen molar-refractivity contribution in [1.82, 2.24) is 0 Å². The summed E-state index contributed by atoms with van der Waals surface area (Å²) in [5.41, 5.74) is -4.52. The molecule has 10 nitrogen and oxygen atoms in total. The smallest absolute Gasteiger partial charge is 0.203 e. The number of aliphatic hydroxyl groups excluding tert-OH is 2. The number of ketones is 3. The number of carbonyl (C=O) groups excluding carboxylic acids is 3. The molecule has 4 atom stereocenters. The molecule has 2 aromatic carbocycles. The van der Waals surface area contributed by atoms with Crippen LogP contribution in [0.15, 0.2) is 41.2 Å². The maximum Gasteiger partial charge on any atom is 0.203 e. The van der Waals surface area contributed by atoms with E-state index in [0.29, 0.717) is 33.9 Å². The standard InChI is InChI=1S/C34H38O10/c1-15(2)24-26(37)22(16(3)35)30(39)34(41)31(40)25-27(38)23-19(13-32(25,4)14-33(24,34)5)17(9-11-20(23)36)18-10-12-21(42-6)29(44-8)28(18)43-7/h9-12,15,24,36,38-39,41H,13-14H2,1-8H3/t24?,32-,33-,34+/m1/s1. The Bertz CT molecular complexity index is 1700. The van der Waals surface area contributed by atoms with Crippen molar-refractivity contribution in [3.05, 3.63) is 52.3 Å². The highest BCUT2D eigenvalue weighted by atomic mass is 16.5. The molecule has 5 rings (SSSR count). The van der Waals surface area contributed by atoms with Crippen LogP contribution in [0.2, 0.25) is 0 Å². The predicted molar refractivity (Wildman–Crippen MR) is 161 cm³/mol. The fourth-order valence-electron chi connectivity index (χ4n) is 8.28. The minimum atomic E-state index is -2.67. The van der Waals surface area contributed by atoms with Gasteiger partial charge in [0.1, 0.15) is 22.8 Å². The fraction of sp³-hybridized carbons (Fsp3) is 0.441. The zero-order valence-corrected chi connectivity index (χ0v) is 26.1. The highest BCUT2D eigenvalue weighted by molar-refractivity contribution is 6.24. The van der Waals surface area contributed by atoms with Crippen LogP contribution in [0, 0.1) is 22.7 Å². The van der Waals surface area contributed by atoms with Crippen molar-refractivity contribution in [2.24, 2.45) is 22.7 Å². The maximum absolute atomic E-state index is 14.5. The number of carbonyl (C=O) groups is 3. The molecule has 3 aliphatic rings. The van der Waals surface area contributed by atoms with Crippen LogP contribution in [-0.2, 0) is 20.8 Å². The van der Waals surface area contributed by atoms with E-state index in [1.165, 1.54) is 27.4 Å². The summed E-state index contributed by atoms with van der Waals surface area (Å²) in [6, 6.07) is 6.53. The zero-order chi connectivity index (χ0) is 32.7. The zero-order valence-electron chi connectivity index (χ0n) is 26.1. The van der Waals surface area contributed by atoms with E-state index >= 15 is 0 Å². The van der Waals surface area contributed by atoms with E-state index < -0.39 is 62.7 Å². The van der Waals surface area contributed by atoms with E-state index in [-0.39, 0.29) is 29.7 Å². The van der Waals surface area contributed by atoms with Crippen LogP contribution in [-0.4, -0.2) is 64.7 Å². The minimum Gasteiger partial charge on any atom is -0.508 e. The molecule has 4 N–H and O–H groups in total. The van der Waals surface area contributed by atoms with Crippen LogP contribution in [0.25, 0.3) is 16.9 Å². The molecule has 1 unspecified atom stereocenters. The number of aromatic hydroxyl groups is 1. The third kappa shape index (κ3) is 3.79. The average Bonchev–Trinajstić information content (AvgIpc) is 2.93. The van der Waals surface area contributed by atoms with Crippen molar-refractivity contribution in [3.8, 4) is 34.1 Å². The first-order chi connectivity index (χ1) is 20.5. The number of rotatable bonds is 6. The Kier molecular flexibility index (Phi) is 7.16. The number of Topliss-reactive ketones (excluding diaryl/α,β-unsaturated/α-hetero) is 3. The first-order valence-electron chi connectivity index (χ1n) is 14.4. The lowest BCUT2D eigenvalue weighted by molar-refractivity contribution is -0.178. The van der Waals surface area contributed by atoms with Crippen LogP contribution in [0.4, 0.5) is 0 Å². The number of hydrogen-bond donors (Lipinski definition) is 4. The first-order valence-corrected chi connectivity index (χ1v) is 14.4. The molecule has 0 heterocycles. The van der Waals surface area contributed by atoms with E-state index in [1.54, 1.807) is 45.9 Å². The Labute approximate surface area is 255 Å². The van der Waals surface area contributed by atoms with Crippen LogP contribution in [0.1, 0.15) is 52.2 Å². The summed E-state index contributed by atoms with van der Waals surface area (Å²) >= 11 is 0. The number of benzene rings is 2. The molecule has 0 bridgehead atoms. The molecule has 0 radical (unpaired) electrons. The van der Waals surface area contributed by atoms with Gasteiger partial charge in [0, 0.05) is 27.9 Å². The van der Waals surface area contributed by atoms with Crippen LogP contribution < -0.4 is 14.2 Å². The largest absolute Gasteiger partial charge is 0.508 e. The Hall–Kier alpha value is -4.31. The molecular weight excluding hydrogens is 568 g/mol. The molecule has 1 fully saturated rings. The molecule has 0 spiro atoms. The molecule has 10 heteroatoms. The van der Waals surface area contributed by atoms with Crippen molar-refractivity contribution in [3.63, 3.8) is 0 Å². The molecule has 44 heavy (non-hydrogen) atoms. The predicted octanol–water partition coefficient (Wildman–Crippen LogP) is 4.88. The fourth-order valence-corrected chi connectivity index (χ4v) is 8.28. The van der Waals surface area contributed by atoms with Gasteiger partial charge in [-0.25, -0.2) is 0 Å². The number of methoxy groups -OCH3 is 3. The van der Waals surface area contributed by atoms with E-state index in [1.807, 2.05) is 0 Å². The van der Waals surface area contributed by atoms with Gasteiger partial charge in [-0.2, -0.15) is 0 Å². The maximum atomic E-state index is 14.5. The van der Waals surface area contributed by atoms with Crippen molar-refractivity contribution in [1.29, 1.82) is 0 Å². The van der Waals surface area contributed by atoms with Gasteiger partial charge < -0.3 is 34.6 Å². The summed E-state index contributed by atoms with van der Waals surface area (Å²) in [6.45, 7) is 7.96. The Morgan fingerprint density at radius 3 is 2.09 bits per heavy atom. The van der Waals surface area contributed by atoms with Gasteiger partial charge in [0.15, 0.2) is 28.7 Å². The van der Waals surface area contributed by atoms with Crippen molar-refractivity contribution in [2.75, 3.05) is 21.3 Å². The normalized spacial score (nSPS) is 28.0. The van der Waals surface area contributed by atoms with Crippen molar-refractivity contribution >= 4 is 23.1 Å². The van der Waals surface area contributed by atoms with Crippen molar-refractivity contribution < 1.29 is 49.0 Å². The minimum absolute atomic E-state index is 0.00470. The molecule has 234 valence electrons. The molecule has 3 aliphatic carbocycles. The van der Waals surface area contributed by atoms with Gasteiger partial charge in [0.2, 0.25) is 11.5 Å². The topological polar surface area (TPSA) is 160 Å². The molecule has 0 aliphatic heterocycles. The third-order valence-corrected chi connectivity index (χ3v) is 9.88. The molecule has 0 aromatic heterocycles. The number of hydrogen-bond acceptors (Lipinski definition) is 10. The Balaban J connectivity index is 1.83. The lowest BCUT2D eigenvalue weighted by Gasteiger charge is -2.59. The van der Waals surface area contributed by atoms with E-state index in [4.69, 9.17) is 14.2 Å². The number of aliphatic hydroxyl groups is 3. The number of fused-ring (bicyclic) bond motifs is 3. The second-order valence-corrected chi connectivity index (χ2v) is 12.8. The van der Waals surface area contributed by atoms with Gasteiger partial charge in [-0.3, -0.25) is 14.4 Å². The number of ether oxygens (including phenoxy) is 3. The molecular formula is C34H38O10. The molecule has 0 amide bonds. The number of allylic oxidation sites excluding steroid dienone is 1. The van der Waals surface area contributed by atoms with E-state index in [2.05, 4.69) is 0 Å². The summed E-state index contributed by atoms with van der Waals surface area (Å²) in [7, 11) is 4.46. The van der Waals surface area contributed by atoms with Gasteiger partial charge in [-0.1, -0.05) is 33.8 Å². The third-order valence-electron chi connectivity index (χ3n) is 9.88. The second kappa shape index (κ2) is 10.1. The summed E-state index contributed by atoms with van der Waals surface area (Å²) in [5, 5.41) is 46.4. The van der Waals surface area contributed by atoms with Crippen LogP contribution >= 0.6 is 0 Å². The van der Waals surface area contributed by atoms with E-state index in [9.17, 15) is 34.8 Å². The van der Waals surface area contributed by atoms with Crippen LogP contribution in [0.3, 0.4) is 0 Å². The number of phenolic OH excluding ortho intramolecular Hbond substituents is 1. The summed E-state index contributed by atoms with van der Waals surface area (Å²) in [4.78, 5) is 40.8. The first kappa shape index (κ1) is 31.1. The highest BCUT2D eigenvalue weighted by Gasteiger charge is 2.72. The highest BCUT2D eigenvalue weighted by Crippen LogP contribution is 2.65. The van der Waals surface area contributed by atoms with Gasteiger partial charge in [0.05, 0.1) is 26.9 Å². The lowest BCUT2D eigenvalue weighted by atomic mass is 9.43. The van der Waals surface area contributed by atoms with Gasteiger partial charge in [0.25, 0.3) is 0 Å². The summed E-state index contributed by atoms with van der Waals surface area (Å²) in [6.07, 6.45) is 0.104. The average molecular weight is 607 g/mol. The van der Waals surface area contributed by atoms with Crippen molar-refractivity contribution in [2.45, 2.75) is 53.1 Å². The summed E-state index contributed by atoms with van der Waals surface area (Å²) < 4.78 is 16.7. The van der Waals surface area contributed by atoms with E-state index in [0.717, 1.165) is 6.92 Å². The summed E-state index contributed by atoms with van der Waals surface area (Å²) in [5.74, 6) is -4.55. The van der Waals surface area contributed by atoms with Gasteiger partial charge in [-0.15, -0.1) is 0 Å². The molecule has 0 saturated heterocycles. The number of phenols is 1. The lowest BCUT2D eigenvalue weighted by Crippen LogP contribution is -2.69. The molecule has 2 aromatic rings. The van der Waals surface area contributed by atoms with Gasteiger partial charge in [-0.05, 0) is 55.0 Å².